The summed E-state index contributed by atoms with van der Waals surface area (Å²) < 4.78 is 13.1. The lowest BCUT2D eigenvalue weighted by Gasteiger charge is -2.22. The van der Waals surface area contributed by atoms with Gasteiger partial charge >= 0.3 is 0 Å². The zero-order chi connectivity index (χ0) is 12.4. The molecule has 0 bridgehead atoms. The molecule has 0 radical (unpaired) electrons. The summed E-state index contributed by atoms with van der Waals surface area (Å²) in [5, 5.41) is 8.51. The summed E-state index contributed by atoms with van der Waals surface area (Å²) in [6.45, 7) is 2.64. The first kappa shape index (κ1) is 13.1. The predicted molar refractivity (Wildman–Crippen MR) is 70.7 cm³/mol. The maximum atomic E-state index is 11.2. The van der Waals surface area contributed by atoms with Crippen LogP contribution in [0, 0.1) is 6.92 Å². The number of rotatable bonds is 3. The minimum Gasteiger partial charge on any atom is -0.308 e. The minimum atomic E-state index is -0.597. The lowest BCUT2D eigenvalue weighted by molar-refractivity contribution is 0.465. The third-order valence-corrected chi connectivity index (χ3v) is 5.08. The lowest BCUT2D eigenvalue weighted by Crippen LogP contribution is -2.35. The third-order valence-electron chi connectivity index (χ3n) is 3.21. The van der Waals surface area contributed by atoms with Gasteiger partial charge in [0.25, 0.3) is 0 Å². The van der Waals surface area contributed by atoms with E-state index >= 15 is 0 Å². The van der Waals surface area contributed by atoms with Crippen molar-refractivity contribution in [3.8, 4) is 0 Å². The van der Waals surface area contributed by atoms with Gasteiger partial charge in [-0.3, -0.25) is 8.89 Å². The number of aryl methyl sites for hydroxylation is 2. The van der Waals surface area contributed by atoms with E-state index in [-0.39, 0.29) is 0 Å². The molecule has 0 aromatic carbocycles. The van der Waals surface area contributed by atoms with Crippen LogP contribution in [0.15, 0.2) is 0 Å². The second kappa shape index (κ2) is 5.50. The van der Waals surface area contributed by atoms with Gasteiger partial charge in [-0.1, -0.05) is 11.6 Å². The first-order valence-corrected chi connectivity index (χ1v) is 7.71. The van der Waals surface area contributed by atoms with Crippen LogP contribution in [0.25, 0.3) is 0 Å². The van der Waals surface area contributed by atoms with Crippen molar-refractivity contribution in [2.24, 2.45) is 7.05 Å². The summed E-state index contributed by atoms with van der Waals surface area (Å²) in [7, 11) is 1.31. The van der Waals surface area contributed by atoms with E-state index in [4.69, 9.17) is 11.6 Å². The maximum Gasteiger partial charge on any atom is 0.0860 e. The van der Waals surface area contributed by atoms with E-state index in [1.807, 2.05) is 18.7 Å². The van der Waals surface area contributed by atoms with Gasteiger partial charge in [0.1, 0.15) is 0 Å². The molecule has 1 fully saturated rings. The van der Waals surface area contributed by atoms with Crippen LogP contribution in [0.3, 0.4) is 0 Å². The Morgan fingerprint density at radius 1 is 1.53 bits per heavy atom. The van der Waals surface area contributed by atoms with E-state index in [1.54, 1.807) is 0 Å². The molecule has 0 saturated carbocycles. The number of nitrogens with one attached hydrogen (secondary N) is 1. The highest BCUT2D eigenvalue weighted by molar-refractivity contribution is 7.85. The molecule has 1 aliphatic rings. The first-order valence-electron chi connectivity index (χ1n) is 5.84. The zero-order valence-electron chi connectivity index (χ0n) is 10.2. The van der Waals surface area contributed by atoms with Crippen LogP contribution in [-0.2, 0) is 24.4 Å². The zero-order valence-corrected chi connectivity index (χ0v) is 11.8. The van der Waals surface area contributed by atoms with Gasteiger partial charge in [-0.2, -0.15) is 5.10 Å². The maximum absolute atomic E-state index is 11.2. The van der Waals surface area contributed by atoms with Gasteiger partial charge in [0.05, 0.1) is 16.4 Å². The Morgan fingerprint density at radius 3 is 2.71 bits per heavy atom. The van der Waals surface area contributed by atoms with Crippen LogP contribution in [0.4, 0.5) is 0 Å². The van der Waals surface area contributed by atoms with E-state index in [9.17, 15) is 4.21 Å². The number of halogens is 1. The Bertz CT molecular complexity index is 423. The predicted octanol–water partition coefficient (Wildman–Crippen LogP) is 1.38. The molecule has 6 heteroatoms. The molecule has 0 amide bonds. The highest BCUT2D eigenvalue weighted by atomic mass is 35.5. The van der Waals surface area contributed by atoms with E-state index in [0.717, 1.165) is 47.3 Å². The topological polar surface area (TPSA) is 46.9 Å². The Balaban J connectivity index is 1.91. The number of nitrogens with zero attached hydrogens (tertiary/aromatic N) is 2. The molecule has 96 valence electrons. The van der Waals surface area contributed by atoms with E-state index in [0.29, 0.717) is 6.04 Å². The number of hydrogen-bond donors (Lipinski definition) is 1. The van der Waals surface area contributed by atoms with Gasteiger partial charge in [-0.25, -0.2) is 0 Å². The standard InChI is InChI=1S/C11H18ClN3OS/c1-8-11(12)10(15(2)14-8)7-13-9-3-5-17(16)6-4-9/h9,13H,3-7H2,1-2H3. The van der Waals surface area contributed by atoms with Crippen LogP contribution in [0.2, 0.25) is 5.02 Å². The van der Waals surface area contributed by atoms with Crippen LogP contribution in [0.5, 0.6) is 0 Å². The van der Waals surface area contributed by atoms with E-state index < -0.39 is 10.8 Å². The SMILES string of the molecule is Cc1nn(C)c(CNC2CCS(=O)CC2)c1Cl. The Morgan fingerprint density at radius 2 is 2.18 bits per heavy atom. The van der Waals surface area contributed by atoms with Crippen molar-refractivity contribution in [1.82, 2.24) is 15.1 Å². The summed E-state index contributed by atoms with van der Waals surface area (Å²) in [5.41, 5.74) is 1.89. The van der Waals surface area contributed by atoms with Gasteiger partial charge in [0.2, 0.25) is 0 Å². The summed E-state index contributed by atoms with van der Waals surface area (Å²) in [6, 6.07) is 0.457. The van der Waals surface area contributed by atoms with Crippen LogP contribution < -0.4 is 5.32 Å². The summed E-state index contributed by atoms with van der Waals surface area (Å²) >= 11 is 6.18. The monoisotopic (exact) mass is 275 g/mol. The molecule has 17 heavy (non-hydrogen) atoms. The lowest BCUT2D eigenvalue weighted by atomic mass is 10.1. The van der Waals surface area contributed by atoms with Gasteiger partial charge < -0.3 is 5.32 Å². The van der Waals surface area contributed by atoms with E-state index in [1.165, 1.54) is 0 Å². The average molecular weight is 276 g/mol. The van der Waals surface area contributed by atoms with Gasteiger partial charge in [0, 0.05) is 41.9 Å². The highest BCUT2D eigenvalue weighted by Gasteiger charge is 2.18. The molecule has 2 rings (SSSR count). The second-order valence-corrected chi connectivity index (χ2v) is 6.55. The fraction of sp³-hybridized carbons (Fsp3) is 0.727. The minimum absolute atomic E-state index is 0.457. The molecule has 1 aromatic rings. The fourth-order valence-corrected chi connectivity index (χ4v) is 3.64. The molecule has 1 saturated heterocycles. The molecule has 0 unspecified atom stereocenters. The van der Waals surface area contributed by atoms with Crippen molar-refractivity contribution in [3.05, 3.63) is 16.4 Å². The van der Waals surface area contributed by atoms with Crippen LogP contribution >= 0.6 is 11.6 Å². The highest BCUT2D eigenvalue weighted by Crippen LogP contribution is 2.19. The fourth-order valence-electron chi connectivity index (χ4n) is 2.11. The molecule has 4 nitrogen and oxygen atoms in total. The van der Waals surface area contributed by atoms with Crippen molar-refractivity contribution in [1.29, 1.82) is 0 Å². The molecular formula is C11H18ClN3OS. The molecule has 2 heterocycles. The van der Waals surface area contributed by atoms with E-state index in [2.05, 4.69) is 10.4 Å². The Kier molecular flexibility index (Phi) is 4.22. The first-order chi connectivity index (χ1) is 8.08. The van der Waals surface area contributed by atoms with Gasteiger partial charge in [0.15, 0.2) is 0 Å². The normalized spacial score (nSPS) is 25.1. The van der Waals surface area contributed by atoms with Crippen molar-refractivity contribution < 1.29 is 4.21 Å². The number of aromatic nitrogens is 2. The molecule has 1 aromatic heterocycles. The molecular weight excluding hydrogens is 258 g/mol. The summed E-state index contributed by atoms with van der Waals surface area (Å²) in [6.07, 6.45) is 1.97. The van der Waals surface area contributed by atoms with Crippen LogP contribution in [-0.4, -0.2) is 31.5 Å². The Hall–Kier alpha value is -0.390. The average Bonchev–Trinajstić information content (AvgIpc) is 2.54. The third kappa shape index (κ3) is 3.09. The quantitative estimate of drug-likeness (QED) is 0.907. The van der Waals surface area contributed by atoms with Crippen molar-refractivity contribution in [3.63, 3.8) is 0 Å². The summed E-state index contributed by atoms with van der Waals surface area (Å²) in [4.78, 5) is 0. The van der Waals surface area contributed by atoms with Crippen LogP contribution in [0.1, 0.15) is 24.2 Å². The smallest absolute Gasteiger partial charge is 0.0860 e. The molecule has 0 aliphatic carbocycles. The molecule has 1 N–H and O–H groups in total. The second-order valence-electron chi connectivity index (χ2n) is 4.47. The van der Waals surface area contributed by atoms with Crippen molar-refractivity contribution >= 4 is 22.4 Å². The van der Waals surface area contributed by atoms with Crippen molar-refractivity contribution in [2.45, 2.75) is 32.4 Å². The summed E-state index contributed by atoms with van der Waals surface area (Å²) in [5.74, 6) is 1.63. The molecule has 0 spiro atoms. The van der Waals surface area contributed by atoms with Gasteiger partial charge in [-0.05, 0) is 19.8 Å². The number of hydrogen-bond acceptors (Lipinski definition) is 3. The van der Waals surface area contributed by atoms with Crippen molar-refractivity contribution in [2.75, 3.05) is 11.5 Å². The molecule has 1 aliphatic heterocycles. The molecule has 0 atom stereocenters. The van der Waals surface area contributed by atoms with Gasteiger partial charge in [-0.15, -0.1) is 0 Å². The Labute approximate surface area is 109 Å². The largest absolute Gasteiger partial charge is 0.308 e.